The molecular weight excluding hydrogens is 352 g/mol. The van der Waals surface area contributed by atoms with Gasteiger partial charge in [0, 0.05) is 47.1 Å². The van der Waals surface area contributed by atoms with Crippen molar-refractivity contribution in [3.63, 3.8) is 0 Å². The maximum Gasteiger partial charge on any atom is 0.248 e. The van der Waals surface area contributed by atoms with E-state index in [9.17, 15) is 9.59 Å². The van der Waals surface area contributed by atoms with Gasteiger partial charge in [0.25, 0.3) is 0 Å². The summed E-state index contributed by atoms with van der Waals surface area (Å²) in [6, 6.07) is 16.8. The third-order valence-corrected chi connectivity index (χ3v) is 4.53. The Hall–Kier alpha value is -3.93. The molecule has 0 aliphatic rings. The number of fused-ring (bicyclic) bond motifs is 1. The molecule has 0 aliphatic heterocycles. The zero-order valence-corrected chi connectivity index (χ0v) is 15.2. The fourth-order valence-corrected chi connectivity index (χ4v) is 3.19. The van der Waals surface area contributed by atoms with Gasteiger partial charge in [0.2, 0.25) is 11.8 Å². The number of nitrogens with zero attached hydrogens (tertiary/aromatic N) is 1. The average Bonchev–Trinajstić information content (AvgIpc) is 3.11. The lowest BCUT2D eigenvalue weighted by molar-refractivity contribution is -0.114. The molecule has 0 atom stereocenters. The summed E-state index contributed by atoms with van der Waals surface area (Å²) in [6.07, 6.45) is 3.69. The molecule has 4 N–H and O–H groups in total. The van der Waals surface area contributed by atoms with Crippen molar-refractivity contribution in [2.24, 2.45) is 5.73 Å². The fraction of sp³-hybridized carbons (Fsp3) is 0.0455. The third-order valence-electron chi connectivity index (χ3n) is 4.53. The monoisotopic (exact) mass is 370 g/mol. The number of rotatable bonds is 4. The summed E-state index contributed by atoms with van der Waals surface area (Å²) in [5.74, 6) is -0.563. The number of nitrogens with two attached hydrogens (primary N) is 1. The Kier molecular flexibility index (Phi) is 4.37. The predicted octanol–water partition coefficient (Wildman–Crippen LogP) is 3.95. The quantitative estimate of drug-likeness (QED) is 0.507. The average molecular weight is 370 g/mol. The highest BCUT2D eigenvalue weighted by Crippen LogP contribution is 2.31. The van der Waals surface area contributed by atoms with Gasteiger partial charge in [-0.25, -0.2) is 4.98 Å². The van der Waals surface area contributed by atoms with E-state index in [1.54, 1.807) is 18.3 Å². The number of carbonyl (C=O) groups excluding carboxylic acids is 2. The Bertz CT molecular complexity index is 1190. The molecule has 4 rings (SSSR count). The van der Waals surface area contributed by atoms with Crippen LogP contribution >= 0.6 is 0 Å². The van der Waals surface area contributed by atoms with Gasteiger partial charge in [-0.05, 0) is 41.5 Å². The molecule has 28 heavy (non-hydrogen) atoms. The van der Waals surface area contributed by atoms with Gasteiger partial charge < -0.3 is 16.0 Å². The van der Waals surface area contributed by atoms with Crippen molar-refractivity contribution in [1.82, 2.24) is 9.97 Å². The van der Waals surface area contributed by atoms with E-state index in [4.69, 9.17) is 5.73 Å². The SMILES string of the molecule is CC(=O)Nc1cccc(-c2cnc3[nH]cc(-c4ccc(C(N)=O)cc4)c3c2)c1. The number of carbonyl (C=O) groups is 2. The summed E-state index contributed by atoms with van der Waals surface area (Å²) in [4.78, 5) is 30.3. The van der Waals surface area contributed by atoms with Gasteiger partial charge in [-0.2, -0.15) is 0 Å². The Balaban J connectivity index is 1.76. The zero-order chi connectivity index (χ0) is 19.7. The van der Waals surface area contributed by atoms with E-state index in [-0.39, 0.29) is 5.91 Å². The maximum atomic E-state index is 11.3. The normalized spacial score (nSPS) is 10.8. The Labute approximate surface area is 161 Å². The van der Waals surface area contributed by atoms with E-state index in [0.717, 1.165) is 39.0 Å². The number of nitrogens with one attached hydrogen (secondary N) is 2. The Morgan fingerprint density at radius 2 is 1.79 bits per heavy atom. The number of primary amides is 1. The molecule has 0 spiro atoms. The van der Waals surface area contributed by atoms with Crippen LogP contribution < -0.4 is 11.1 Å². The molecule has 2 heterocycles. The van der Waals surface area contributed by atoms with E-state index in [1.807, 2.05) is 42.6 Å². The van der Waals surface area contributed by atoms with Gasteiger partial charge in [0.05, 0.1) is 0 Å². The number of hydrogen-bond donors (Lipinski definition) is 3. The molecule has 2 aromatic carbocycles. The first-order chi connectivity index (χ1) is 13.5. The van der Waals surface area contributed by atoms with Crippen molar-refractivity contribution >= 4 is 28.5 Å². The van der Waals surface area contributed by atoms with E-state index in [2.05, 4.69) is 21.4 Å². The first kappa shape index (κ1) is 17.5. The predicted molar refractivity (Wildman–Crippen MR) is 110 cm³/mol. The van der Waals surface area contributed by atoms with Crippen LogP contribution in [0.25, 0.3) is 33.3 Å². The van der Waals surface area contributed by atoms with Crippen molar-refractivity contribution in [3.8, 4) is 22.3 Å². The number of anilines is 1. The number of benzene rings is 2. The largest absolute Gasteiger partial charge is 0.366 e. The van der Waals surface area contributed by atoms with E-state index in [0.29, 0.717) is 5.56 Å². The summed E-state index contributed by atoms with van der Waals surface area (Å²) in [6.45, 7) is 1.48. The zero-order valence-electron chi connectivity index (χ0n) is 15.2. The molecule has 0 bridgehead atoms. The molecule has 6 heteroatoms. The van der Waals surface area contributed by atoms with Gasteiger partial charge in [-0.15, -0.1) is 0 Å². The molecule has 0 unspecified atom stereocenters. The number of aromatic amines is 1. The summed E-state index contributed by atoms with van der Waals surface area (Å²) in [5.41, 5.74) is 11.1. The Morgan fingerprint density at radius 3 is 2.50 bits per heavy atom. The lowest BCUT2D eigenvalue weighted by atomic mass is 10.0. The molecule has 0 aliphatic carbocycles. The summed E-state index contributed by atoms with van der Waals surface area (Å²) in [7, 11) is 0. The first-order valence-corrected chi connectivity index (χ1v) is 8.76. The van der Waals surface area contributed by atoms with E-state index >= 15 is 0 Å². The van der Waals surface area contributed by atoms with Gasteiger partial charge in [-0.1, -0.05) is 24.3 Å². The highest BCUT2D eigenvalue weighted by Gasteiger charge is 2.10. The smallest absolute Gasteiger partial charge is 0.248 e. The number of aromatic nitrogens is 2. The van der Waals surface area contributed by atoms with Crippen molar-refractivity contribution in [2.75, 3.05) is 5.32 Å². The molecule has 6 nitrogen and oxygen atoms in total. The number of pyridine rings is 1. The van der Waals surface area contributed by atoms with Crippen molar-refractivity contribution in [2.45, 2.75) is 6.92 Å². The van der Waals surface area contributed by atoms with Gasteiger partial charge in [-0.3, -0.25) is 9.59 Å². The second-order valence-electron chi connectivity index (χ2n) is 6.53. The second kappa shape index (κ2) is 7.00. The molecular formula is C22H18N4O2. The first-order valence-electron chi connectivity index (χ1n) is 8.76. The maximum absolute atomic E-state index is 11.3. The molecule has 4 aromatic rings. The standard InChI is InChI=1S/C22H18N4O2/c1-13(27)26-18-4-2-3-16(9-18)17-10-19-20(12-25-22(19)24-11-17)14-5-7-15(8-6-14)21(23)28/h2-12H,1H3,(H2,23,28)(H,24,25)(H,26,27). The molecule has 2 amide bonds. The van der Waals surface area contributed by atoms with Crippen LogP contribution in [0.5, 0.6) is 0 Å². The number of amides is 2. The minimum absolute atomic E-state index is 0.113. The van der Waals surface area contributed by atoms with Crippen LogP contribution in [0, 0.1) is 0 Å². The van der Waals surface area contributed by atoms with Crippen molar-refractivity contribution in [3.05, 3.63) is 72.6 Å². The van der Waals surface area contributed by atoms with Crippen molar-refractivity contribution < 1.29 is 9.59 Å². The lowest BCUT2D eigenvalue weighted by Crippen LogP contribution is -2.10. The molecule has 138 valence electrons. The topological polar surface area (TPSA) is 101 Å². The summed E-state index contributed by atoms with van der Waals surface area (Å²) < 4.78 is 0. The van der Waals surface area contributed by atoms with Crippen molar-refractivity contribution in [1.29, 1.82) is 0 Å². The van der Waals surface area contributed by atoms with E-state index in [1.165, 1.54) is 6.92 Å². The van der Waals surface area contributed by atoms with Gasteiger partial charge in [0.15, 0.2) is 0 Å². The van der Waals surface area contributed by atoms with Crippen LogP contribution in [0.4, 0.5) is 5.69 Å². The van der Waals surface area contributed by atoms with Crippen LogP contribution in [-0.4, -0.2) is 21.8 Å². The Morgan fingerprint density at radius 1 is 1.00 bits per heavy atom. The van der Waals surface area contributed by atoms with Crippen LogP contribution in [0.1, 0.15) is 17.3 Å². The number of hydrogen-bond acceptors (Lipinski definition) is 3. The molecule has 0 radical (unpaired) electrons. The minimum atomic E-state index is -0.450. The van der Waals surface area contributed by atoms with Gasteiger partial charge in [0.1, 0.15) is 5.65 Å². The van der Waals surface area contributed by atoms with Crippen LogP contribution in [0.3, 0.4) is 0 Å². The highest BCUT2D eigenvalue weighted by atomic mass is 16.1. The van der Waals surface area contributed by atoms with Crippen LogP contribution in [0.2, 0.25) is 0 Å². The minimum Gasteiger partial charge on any atom is -0.366 e. The molecule has 0 saturated carbocycles. The summed E-state index contributed by atoms with van der Waals surface area (Å²) in [5, 5.41) is 3.76. The fourth-order valence-electron chi connectivity index (χ4n) is 3.19. The lowest BCUT2D eigenvalue weighted by Gasteiger charge is -2.07. The third kappa shape index (κ3) is 3.35. The number of H-pyrrole nitrogens is 1. The highest BCUT2D eigenvalue weighted by molar-refractivity contribution is 5.98. The van der Waals surface area contributed by atoms with Crippen LogP contribution in [0.15, 0.2) is 67.0 Å². The van der Waals surface area contributed by atoms with E-state index < -0.39 is 5.91 Å². The van der Waals surface area contributed by atoms with Gasteiger partial charge >= 0.3 is 0 Å². The molecule has 0 saturated heterocycles. The molecule has 0 fully saturated rings. The van der Waals surface area contributed by atoms with Crippen LogP contribution in [-0.2, 0) is 4.79 Å². The second-order valence-corrected chi connectivity index (χ2v) is 6.53. The summed E-state index contributed by atoms with van der Waals surface area (Å²) >= 11 is 0. The molecule has 2 aromatic heterocycles.